The summed E-state index contributed by atoms with van der Waals surface area (Å²) in [7, 11) is 0. The zero-order chi connectivity index (χ0) is 13.6. The van der Waals surface area contributed by atoms with Gasteiger partial charge >= 0.3 is 0 Å². The maximum atomic E-state index is 13.8. The van der Waals surface area contributed by atoms with E-state index >= 15 is 0 Å². The fourth-order valence-electron chi connectivity index (χ4n) is 3.28. The van der Waals surface area contributed by atoms with Gasteiger partial charge in [-0.05, 0) is 43.9 Å². The van der Waals surface area contributed by atoms with Gasteiger partial charge in [0.05, 0.1) is 11.7 Å². The molecule has 0 aliphatic carbocycles. The first-order valence-corrected chi connectivity index (χ1v) is 6.90. The summed E-state index contributed by atoms with van der Waals surface area (Å²) in [5.41, 5.74) is 0.0673. The summed E-state index contributed by atoms with van der Waals surface area (Å²) in [5, 5.41) is 10.0. The van der Waals surface area contributed by atoms with E-state index in [0.29, 0.717) is 12.8 Å². The summed E-state index contributed by atoms with van der Waals surface area (Å²) in [6, 6.07) is 4.20. The minimum Gasteiger partial charge on any atom is -0.393 e. The molecule has 2 saturated heterocycles. The van der Waals surface area contributed by atoms with Gasteiger partial charge in [0.25, 0.3) is 5.91 Å². The van der Waals surface area contributed by atoms with Gasteiger partial charge in [-0.15, -0.1) is 0 Å². The van der Waals surface area contributed by atoms with Crippen LogP contribution in [0.5, 0.6) is 0 Å². The molecular formula is C14H15ClFNO2. The first-order valence-electron chi connectivity index (χ1n) is 6.52. The molecule has 0 aromatic heterocycles. The molecule has 1 aromatic rings. The minimum absolute atomic E-state index is 0.0383. The molecule has 2 fully saturated rings. The predicted molar refractivity (Wildman–Crippen MR) is 69.6 cm³/mol. The largest absolute Gasteiger partial charge is 0.393 e. The van der Waals surface area contributed by atoms with Crippen molar-refractivity contribution in [3.05, 3.63) is 34.6 Å². The molecule has 2 aliphatic heterocycles. The van der Waals surface area contributed by atoms with E-state index in [9.17, 15) is 14.3 Å². The van der Waals surface area contributed by atoms with Crippen molar-refractivity contribution < 1.29 is 14.3 Å². The summed E-state index contributed by atoms with van der Waals surface area (Å²) in [6.45, 7) is 0. The number of hydrogen-bond donors (Lipinski definition) is 1. The van der Waals surface area contributed by atoms with Crippen molar-refractivity contribution in [3.8, 4) is 0 Å². The minimum atomic E-state index is -0.581. The molecule has 2 atom stereocenters. The molecule has 102 valence electrons. The van der Waals surface area contributed by atoms with Gasteiger partial charge in [0.1, 0.15) is 5.82 Å². The van der Waals surface area contributed by atoms with Crippen molar-refractivity contribution in [2.24, 2.45) is 0 Å². The van der Waals surface area contributed by atoms with Crippen molar-refractivity contribution in [1.82, 2.24) is 4.90 Å². The first-order chi connectivity index (χ1) is 9.06. The van der Waals surface area contributed by atoms with Crippen LogP contribution in [0.25, 0.3) is 0 Å². The monoisotopic (exact) mass is 283 g/mol. The molecule has 2 bridgehead atoms. The Morgan fingerprint density at radius 2 is 1.95 bits per heavy atom. The Labute approximate surface area is 116 Å². The molecule has 2 aliphatic rings. The van der Waals surface area contributed by atoms with Crippen LogP contribution >= 0.6 is 11.6 Å². The van der Waals surface area contributed by atoms with Gasteiger partial charge in [0.2, 0.25) is 0 Å². The molecule has 19 heavy (non-hydrogen) atoms. The van der Waals surface area contributed by atoms with Gasteiger partial charge in [-0.3, -0.25) is 4.79 Å². The molecule has 1 aromatic carbocycles. The summed E-state index contributed by atoms with van der Waals surface area (Å²) in [6.07, 6.45) is 2.64. The van der Waals surface area contributed by atoms with Crippen molar-refractivity contribution in [1.29, 1.82) is 0 Å². The third-order valence-corrected chi connectivity index (χ3v) is 4.34. The van der Waals surface area contributed by atoms with Crippen molar-refractivity contribution in [3.63, 3.8) is 0 Å². The molecule has 2 unspecified atom stereocenters. The molecular weight excluding hydrogens is 269 g/mol. The first kappa shape index (κ1) is 12.9. The molecule has 0 saturated carbocycles. The second-order valence-corrected chi connectivity index (χ2v) is 5.78. The second-order valence-electron chi connectivity index (χ2n) is 5.35. The molecule has 3 nitrogen and oxygen atoms in total. The maximum Gasteiger partial charge on any atom is 0.257 e. The maximum absolute atomic E-state index is 13.8. The number of aliphatic hydroxyl groups excluding tert-OH is 1. The van der Waals surface area contributed by atoms with Crippen LogP contribution in [0.4, 0.5) is 4.39 Å². The van der Waals surface area contributed by atoms with Gasteiger partial charge in [-0.1, -0.05) is 11.6 Å². The Bertz CT molecular complexity index is 508. The van der Waals surface area contributed by atoms with Crippen LogP contribution in [0.15, 0.2) is 18.2 Å². The molecule has 0 spiro atoms. The molecule has 1 N–H and O–H groups in total. The third-order valence-electron chi connectivity index (χ3n) is 4.10. The summed E-state index contributed by atoms with van der Waals surface area (Å²) >= 11 is 5.70. The number of benzene rings is 1. The normalized spacial score (nSPS) is 29.6. The van der Waals surface area contributed by atoms with Gasteiger partial charge < -0.3 is 10.0 Å². The highest BCUT2D eigenvalue weighted by Crippen LogP contribution is 2.37. The van der Waals surface area contributed by atoms with Crippen LogP contribution in [0.2, 0.25) is 5.02 Å². The zero-order valence-electron chi connectivity index (χ0n) is 10.4. The predicted octanol–water partition coefficient (Wildman–Crippen LogP) is 2.61. The van der Waals surface area contributed by atoms with Crippen LogP contribution in [0, 0.1) is 5.82 Å². The standard InChI is InChI=1S/C14H15ClFNO2/c15-8-1-4-12(13(16)5-8)14(19)17-9-2-3-10(17)7-11(18)6-9/h1,4-5,9-11,18H,2-3,6-7H2. The van der Waals surface area contributed by atoms with E-state index in [1.807, 2.05) is 0 Å². The van der Waals surface area contributed by atoms with E-state index in [4.69, 9.17) is 11.6 Å². The van der Waals surface area contributed by atoms with Gasteiger partial charge in [-0.2, -0.15) is 0 Å². The van der Waals surface area contributed by atoms with Crippen LogP contribution in [0.3, 0.4) is 0 Å². The Kier molecular flexibility index (Phi) is 3.23. The van der Waals surface area contributed by atoms with E-state index in [-0.39, 0.29) is 34.7 Å². The topological polar surface area (TPSA) is 40.5 Å². The summed E-state index contributed by atoms with van der Waals surface area (Å²) in [5.74, 6) is -0.864. The number of carbonyl (C=O) groups excluding carboxylic acids is 1. The van der Waals surface area contributed by atoms with E-state index in [2.05, 4.69) is 0 Å². The van der Waals surface area contributed by atoms with Crippen LogP contribution in [-0.2, 0) is 0 Å². The number of halogens is 2. The molecule has 2 heterocycles. The lowest BCUT2D eigenvalue weighted by Gasteiger charge is -2.37. The second kappa shape index (κ2) is 4.76. The fraction of sp³-hybridized carbons (Fsp3) is 0.500. The van der Waals surface area contributed by atoms with Crippen molar-refractivity contribution in [2.45, 2.75) is 43.9 Å². The van der Waals surface area contributed by atoms with Gasteiger partial charge in [-0.25, -0.2) is 4.39 Å². The zero-order valence-corrected chi connectivity index (χ0v) is 11.1. The SMILES string of the molecule is O=C(c1ccc(Cl)cc1F)N1C2CCC1CC(O)C2. The summed E-state index contributed by atoms with van der Waals surface area (Å²) < 4.78 is 13.8. The average Bonchev–Trinajstić information content (AvgIpc) is 2.61. The van der Waals surface area contributed by atoms with Crippen molar-refractivity contribution >= 4 is 17.5 Å². The van der Waals surface area contributed by atoms with Gasteiger partial charge in [0.15, 0.2) is 0 Å². The quantitative estimate of drug-likeness (QED) is 0.861. The fourth-order valence-corrected chi connectivity index (χ4v) is 3.44. The van der Waals surface area contributed by atoms with E-state index in [1.165, 1.54) is 12.1 Å². The molecule has 5 heteroatoms. The van der Waals surface area contributed by atoms with Crippen LogP contribution in [0.1, 0.15) is 36.0 Å². The number of hydrogen-bond acceptors (Lipinski definition) is 2. The van der Waals surface area contributed by atoms with Gasteiger partial charge in [0, 0.05) is 17.1 Å². The van der Waals surface area contributed by atoms with Crippen LogP contribution < -0.4 is 0 Å². The lowest BCUT2D eigenvalue weighted by Crippen LogP contribution is -2.48. The lowest BCUT2D eigenvalue weighted by atomic mass is 9.98. The Hall–Kier alpha value is -1.13. The smallest absolute Gasteiger partial charge is 0.257 e. The number of fused-ring (bicyclic) bond motifs is 2. The third kappa shape index (κ3) is 2.23. The average molecular weight is 284 g/mol. The van der Waals surface area contributed by atoms with Crippen molar-refractivity contribution in [2.75, 3.05) is 0 Å². The Balaban J connectivity index is 1.88. The number of carbonyl (C=O) groups is 1. The number of aliphatic hydroxyl groups is 1. The highest BCUT2D eigenvalue weighted by atomic mass is 35.5. The Morgan fingerprint density at radius 1 is 1.32 bits per heavy atom. The molecule has 3 rings (SSSR count). The highest BCUT2D eigenvalue weighted by molar-refractivity contribution is 6.30. The van der Waals surface area contributed by atoms with E-state index in [0.717, 1.165) is 18.9 Å². The van der Waals surface area contributed by atoms with E-state index < -0.39 is 5.82 Å². The highest BCUT2D eigenvalue weighted by Gasteiger charge is 2.43. The number of amides is 1. The van der Waals surface area contributed by atoms with Crippen LogP contribution in [-0.4, -0.2) is 34.1 Å². The lowest BCUT2D eigenvalue weighted by molar-refractivity contribution is 0.0284. The number of nitrogens with zero attached hydrogens (tertiary/aromatic N) is 1. The molecule has 0 radical (unpaired) electrons. The summed E-state index contributed by atoms with van der Waals surface area (Å²) in [4.78, 5) is 14.2. The Morgan fingerprint density at radius 3 is 2.53 bits per heavy atom. The van der Waals surface area contributed by atoms with E-state index in [1.54, 1.807) is 4.90 Å². The molecule has 1 amide bonds. The number of piperidine rings is 1. The number of rotatable bonds is 1.